The number of nitrogens with one attached hydrogen (secondary N) is 2. The molecule has 0 spiro atoms. The number of fused-ring (bicyclic) bond motifs is 4. The number of carboxylic acid groups (broad SMARTS) is 1. The summed E-state index contributed by atoms with van der Waals surface area (Å²) >= 11 is 12.8. The molecule has 0 saturated carbocycles. The predicted octanol–water partition coefficient (Wildman–Crippen LogP) is 14.0. The SMILES string of the molecule is CCOC(=O)C(=CNc1ccc(OC)cc1)C(=O)OCC.CCOC(=O)c1c[nH]c2ccc(OC)cc2c1=O.CCOC(=O)c1cnc2ccc(OC)cc2c1Br.CCOC=C(C(=O)OCC)C(=O)OCC.COc1ccc(N)cc1.COc1ccc2ncc(C(=O)O)c(Br)c2c1.COc1ccc2ncc(C(N)=O)c(Cl)c2c1. The van der Waals surface area contributed by atoms with Gasteiger partial charge in [-0.15, -0.1) is 0 Å². The molecule has 0 aliphatic heterocycles. The zero-order valence-electron chi connectivity index (χ0n) is 64.0. The van der Waals surface area contributed by atoms with Gasteiger partial charge >= 0.3 is 41.8 Å². The summed E-state index contributed by atoms with van der Waals surface area (Å²) in [6, 6.07) is 35.4. The van der Waals surface area contributed by atoms with Crippen LogP contribution in [0.3, 0.4) is 0 Å². The molecular formula is C80H86Br2ClN7O23. The van der Waals surface area contributed by atoms with Gasteiger partial charge in [0.1, 0.15) is 46.3 Å². The van der Waals surface area contributed by atoms with Gasteiger partial charge in [-0.25, -0.2) is 33.6 Å². The first-order chi connectivity index (χ1) is 54.2. The van der Waals surface area contributed by atoms with Crippen LogP contribution in [0, 0.1) is 0 Å². The maximum absolute atomic E-state index is 12.1. The van der Waals surface area contributed by atoms with E-state index in [4.69, 9.17) is 80.3 Å². The zero-order valence-corrected chi connectivity index (χ0v) is 67.9. The van der Waals surface area contributed by atoms with Crippen LogP contribution in [0.15, 0.2) is 183 Å². The van der Waals surface area contributed by atoms with Gasteiger partial charge < -0.3 is 88.5 Å². The summed E-state index contributed by atoms with van der Waals surface area (Å²) < 4.78 is 65.2. The van der Waals surface area contributed by atoms with E-state index in [0.29, 0.717) is 89.0 Å². The van der Waals surface area contributed by atoms with Crippen LogP contribution < -0.4 is 50.6 Å². The minimum Gasteiger partial charge on any atom is -0.500 e. The number of esters is 6. The molecule has 0 unspecified atom stereocenters. The van der Waals surface area contributed by atoms with Crippen molar-refractivity contribution in [1.82, 2.24) is 19.9 Å². The highest BCUT2D eigenvalue weighted by Crippen LogP contribution is 2.32. The fourth-order valence-corrected chi connectivity index (χ4v) is 10.5. The number of amides is 1. The van der Waals surface area contributed by atoms with Crippen molar-refractivity contribution >= 4 is 146 Å². The highest BCUT2D eigenvalue weighted by molar-refractivity contribution is 9.11. The quantitative estimate of drug-likeness (QED) is 0.00713. The van der Waals surface area contributed by atoms with E-state index in [1.165, 1.54) is 38.1 Å². The van der Waals surface area contributed by atoms with Crippen LogP contribution in [0.2, 0.25) is 5.02 Å². The van der Waals surface area contributed by atoms with Gasteiger partial charge in [0.2, 0.25) is 5.43 Å². The van der Waals surface area contributed by atoms with Crippen molar-refractivity contribution in [3.63, 3.8) is 0 Å². The van der Waals surface area contributed by atoms with Crippen LogP contribution >= 0.6 is 43.5 Å². The third kappa shape index (κ3) is 28.4. The molecule has 33 heteroatoms. The van der Waals surface area contributed by atoms with Gasteiger partial charge in [0.05, 0.1) is 133 Å². The molecule has 4 aromatic heterocycles. The van der Waals surface area contributed by atoms with Gasteiger partial charge in [0, 0.05) is 73.0 Å². The summed E-state index contributed by atoms with van der Waals surface area (Å²) in [5.41, 5.74) is 14.9. The van der Waals surface area contributed by atoms with Crippen molar-refractivity contribution in [3.05, 3.63) is 216 Å². The van der Waals surface area contributed by atoms with Crippen LogP contribution in [-0.4, -0.2) is 162 Å². The number of rotatable bonds is 24. The number of hydrogen-bond acceptors (Lipinski definition) is 27. The van der Waals surface area contributed by atoms with Gasteiger partial charge in [-0.3, -0.25) is 24.5 Å². The minimum absolute atomic E-state index is 0.00222. The molecule has 0 aliphatic carbocycles. The van der Waals surface area contributed by atoms with E-state index in [2.05, 4.69) is 66.6 Å². The molecule has 600 valence electrons. The number of methoxy groups -OCH3 is 6. The molecule has 30 nitrogen and oxygen atoms in total. The van der Waals surface area contributed by atoms with Crippen molar-refractivity contribution in [2.24, 2.45) is 5.73 Å². The summed E-state index contributed by atoms with van der Waals surface area (Å²) in [6.07, 6.45) is 7.93. The fourth-order valence-electron chi connectivity index (χ4n) is 8.99. The number of primary amides is 1. The molecule has 7 N–H and O–H groups in total. The maximum atomic E-state index is 12.1. The molecule has 4 heterocycles. The molecule has 0 bridgehead atoms. The molecule has 10 aromatic rings. The first-order valence-electron chi connectivity index (χ1n) is 34.2. The number of benzene rings is 6. The Hall–Kier alpha value is -12.6. The minimum atomic E-state index is -1.01. The third-order valence-electron chi connectivity index (χ3n) is 14.5. The number of nitrogens with zero attached hydrogens (tertiary/aromatic N) is 3. The van der Waals surface area contributed by atoms with Crippen LogP contribution in [0.5, 0.6) is 34.5 Å². The number of halogens is 3. The van der Waals surface area contributed by atoms with Crippen LogP contribution in [-0.2, 0) is 52.3 Å². The summed E-state index contributed by atoms with van der Waals surface area (Å²) in [7, 11) is 9.43. The molecule has 6 aromatic carbocycles. The summed E-state index contributed by atoms with van der Waals surface area (Å²) in [6.45, 7) is 13.5. The van der Waals surface area contributed by atoms with E-state index < -0.39 is 41.7 Å². The number of nitrogens with two attached hydrogens (primary N) is 2. The Morgan fingerprint density at radius 3 is 1.24 bits per heavy atom. The van der Waals surface area contributed by atoms with Crippen molar-refractivity contribution in [2.75, 3.05) is 100.0 Å². The Morgan fingerprint density at radius 1 is 0.460 bits per heavy atom. The average Bonchev–Trinajstić information content (AvgIpc) is 0.818. The molecule has 0 saturated heterocycles. The molecule has 113 heavy (non-hydrogen) atoms. The number of aromatic carboxylic acids is 1. The lowest BCUT2D eigenvalue weighted by Gasteiger charge is -2.08. The number of carbonyl (C=O) groups is 8. The Kier molecular flexibility index (Phi) is 40.1. The number of H-pyrrole nitrogens is 1. The second-order valence-corrected chi connectivity index (χ2v) is 23.7. The average molecular weight is 1710 g/mol. The fraction of sp³-hybridized carbons (Fsp3) is 0.250. The standard InChI is InChI=1S/C15H19NO5.C13H12BrNO3.C13H13NO4.C11H8BrNO3.C11H9ClN2O2.C10H16O5.C7H9NO/c1-4-20-14(17)13(15(18)21-5-2)10-16-11-6-8-12(19-3)9-7-11;1-3-18-13(16)10-7-15-11-5-4-8(17-2)6-9(11)12(10)14;1-3-18-13(16)10-7-14-11-5-4-8(17-2)6-9(11)12(10)15;1-16-6-2-3-9-7(4-6)10(12)8(5-13-9)11(14)15;1-16-6-2-3-9-7(4-6)10(12)8(5-14-9)11(13)15;1-4-13-7-8(9(11)14-5-2)10(12)15-6-3;1-9-7-4-2-6(8)3-5-7/h6-10,16H,4-5H2,1-3H3;4-7H,3H2,1-2H3;4-7H,3H2,1-2H3,(H,14,15);2-5H,1H3,(H,14,15);2-5H,1H3,(H2,13,15);7H,4-6H2,1-3H3;2-5H,8H2,1H3. The van der Waals surface area contributed by atoms with Crippen molar-refractivity contribution in [3.8, 4) is 34.5 Å². The van der Waals surface area contributed by atoms with Gasteiger partial charge in [-0.1, -0.05) is 11.6 Å². The van der Waals surface area contributed by atoms with E-state index in [1.54, 1.807) is 175 Å². The predicted molar refractivity (Wildman–Crippen MR) is 432 cm³/mol. The highest BCUT2D eigenvalue weighted by Gasteiger charge is 2.24. The molecular weight excluding hydrogens is 1620 g/mol. The number of nitrogen functional groups attached to an aromatic ring is 1. The van der Waals surface area contributed by atoms with E-state index in [1.807, 2.05) is 30.3 Å². The Balaban J connectivity index is 0.000000280. The van der Waals surface area contributed by atoms with E-state index in [0.717, 1.165) is 39.5 Å². The normalized spacial score (nSPS) is 9.91. The summed E-state index contributed by atoms with van der Waals surface area (Å²) in [5.74, 6) is -1.39. The highest BCUT2D eigenvalue weighted by atomic mass is 79.9. The largest absolute Gasteiger partial charge is 0.500 e. The number of carbonyl (C=O) groups excluding carboxylic acids is 7. The van der Waals surface area contributed by atoms with E-state index >= 15 is 0 Å². The molecule has 0 radical (unpaired) electrons. The Labute approximate surface area is 672 Å². The van der Waals surface area contributed by atoms with Gasteiger partial charge in [0.15, 0.2) is 11.1 Å². The van der Waals surface area contributed by atoms with Gasteiger partial charge in [-0.2, -0.15) is 0 Å². The second kappa shape index (κ2) is 48.9. The smallest absolute Gasteiger partial charge is 0.348 e. The number of aromatic amines is 1. The lowest BCUT2D eigenvalue weighted by molar-refractivity contribution is -0.148. The van der Waals surface area contributed by atoms with Gasteiger partial charge in [-0.05, 0) is 202 Å². The summed E-state index contributed by atoms with van der Waals surface area (Å²) in [4.78, 5) is 119. The molecule has 0 atom stereocenters. The first-order valence-corrected chi connectivity index (χ1v) is 36.1. The summed E-state index contributed by atoms with van der Waals surface area (Å²) in [5, 5.41) is 14.7. The third-order valence-corrected chi connectivity index (χ3v) is 16.7. The Bertz CT molecular complexity index is 4880. The number of hydrogen-bond donors (Lipinski definition) is 5. The molecule has 0 fully saturated rings. The monoisotopic (exact) mass is 1710 g/mol. The van der Waals surface area contributed by atoms with Gasteiger partial charge in [0.25, 0.3) is 5.91 Å². The molecule has 1 amide bonds. The second-order valence-electron chi connectivity index (χ2n) is 21.7. The number of aromatic nitrogens is 4. The van der Waals surface area contributed by atoms with E-state index in [9.17, 15) is 43.2 Å². The van der Waals surface area contributed by atoms with Crippen LogP contribution in [0.4, 0.5) is 11.4 Å². The number of carboxylic acids is 1. The number of anilines is 2. The maximum Gasteiger partial charge on any atom is 0.348 e. The lowest BCUT2D eigenvalue weighted by atomic mass is 10.1. The Morgan fingerprint density at radius 2 is 0.823 bits per heavy atom. The van der Waals surface area contributed by atoms with Crippen LogP contribution in [0.1, 0.15) is 89.9 Å². The zero-order chi connectivity index (χ0) is 83.7. The molecule has 10 rings (SSSR count). The molecule has 0 aliphatic rings. The van der Waals surface area contributed by atoms with Crippen LogP contribution in [0.25, 0.3) is 43.6 Å². The van der Waals surface area contributed by atoms with Crippen molar-refractivity contribution in [2.45, 2.75) is 48.5 Å². The van der Waals surface area contributed by atoms with Crippen molar-refractivity contribution < 1.29 is 105 Å². The topological polar surface area (TPSA) is 412 Å². The number of pyridine rings is 4. The first kappa shape index (κ1) is 92.8. The number of ether oxygens (including phenoxy) is 13. The van der Waals surface area contributed by atoms with E-state index in [-0.39, 0.29) is 72.3 Å². The lowest BCUT2D eigenvalue weighted by Crippen LogP contribution is -2.19. The van der Waals surface area contributed by atoms with Crippen molar-refractivity contribution in [1.29, 1.82) is 0 Å².